The zero-order chi connectivity index (χ0) is 31.6. The van der Waals surface area contributed by atoms with Crippen LogP contribution in [0.3, 0.4) is 0 Å². The van der Waals surface area contributed by atoms with Gasteiger partial charge in [-0.3, -0.25) is 10.8 Å². The number of rotatable bonds is 6. The first-order valence-corrected chi connectivity index (χ1v) is 15.4. The van der Waals surface area contributed by atoms with Crippen molar-refractivity contribution in [1.29, 1.82) is 5.41 Å². The second-order valence-electron chi connectivity index (χ2n) is 11.3. The monoisotopic (exact) mass is 604 g/mol. The van der Waals surface area contributed by atoms with Crippen molar-refractivity contribution in [2.24, 2.45) is 5.10 Å². The van der Waals surface area contributed by atoms with E-state index in [1.807, 2.05) is 103 Å². The van der Waals surface area contributed by atoms with E-state index in [-0.39, 0.29) is 0 Å². The third-order valence-electron chi connectivity index (χ3n) is 8.20. The average Bonchev–Trinajstić information content (AvgIpc) is 3.15. The van der Waals surface area contributed by atoms with Crippen molar-refractivity contribution in [2.45, 2.75) is 0 Å². The summed E-state index contributed by atoms with van der Waals surface area (Å²) >= 11 is 0. The Morgan fingerprint density at radius 3 is 1.81 bits per heavy atom. The fourth-order valence-electron chi connectivity index (χ4n) is 5.84. The molecule has 0 spiro atoms. The standard InChI is InChI=1S/C41H28N6/c42-36-24-22-28-19-20-31-26-33(21-23-35(31)37(28)38(36)47-46-34-17-8-3-9-18-34)41-44-39(29-13-6-2-7-14-29)43-40(45-41)32-16-10-15-30(25-32)27-11-4-1-5-12-27/h1-26,42,46H/b42-36?,47-38+. The summed E-state index contributed by atoms with van der Waals surface area (Å²) in [6.45, 7) is 0. The molecule has 0 amide bonds. The van der Waals surface area contributed by atoms with Gasteiger partial charge in [-0.1, -0.05) is 127 Å². The number of hydrogen-bond donors (Lipinski definition) is 2. The number of nitrogens with one attached hydrogen (secondary N) is 2. The molecule has 1 aliphatic rings. The molecule has 0 radical (unpaired) electrons. The molecule has 6 heteroatoms. The lowest BCUT2D eigenvalue weighted by Gasteiger charge is -2.17. The lowest BCUT2D eigenvalue weighted by molar-refractivity contribution is 1.07. The minimum atomic E-state index is 0.352. The van der Waals surface area contributed by atoms with E-state index in [1.165, 1.54) is 0 Å². The minimum Gasteiger partial charge on any atom is -0.299 e. The Bertz CT molecular complexity index is 2330. The molecule has 1 heterocycles. The van der Waals surface area contributed by atoms with Gasteiger partial charge in [0.1, 0.15) is 5.71 Å². The summed E-state index contributed by atoms with van der Waals surface area (Å²) in [5.41, 5.74) is 11.8. The molecule has 8 rings (SSSR count). The van der Waals surface area contributed by atoms with E-state index in [0.717, 1.165) is 55.4 Å². The summed E-state index contributed by atoms with van der Waals surface area (Å²) in [7, 11) is 0. The number of hydrazone groups is 1. The number of para-hydroxylation sites is 1. The molecule has 7 aromatic rings. The summed E-state index contributed by atoms with van der Waals surface area (Å²) in [6, 6.07) is 48.8. The third-order valence-corrected chi connectivity index (χ3v) is 8.20. The van der Waals surface area contributed by atoms with Crippen LogP contribution in [0.15, 0.2) is 157 Å². The van der Waals surface area contributed by atoms with Crippen LogP contribution in [-0.4, -0.2) is 26.4 Å². The molecule has 0 aliphatic heterocycles. The molecule has 47 heavy (non-hydrogen) atoms. The Hall–Kier alpha value is -6.53. The number of anilines is 1. The molecule has 0 bridgehead atoms. The molecule has 0 unspecified atom stereocenters. The second-order valence-corrected chi connectivity index (χ2v) is 11.3. The second kappa shape index (κ2) is 12.1. The third kappa shape index (κ3) is 5.60. The predicted octanol–water partition coefficient (Wildman–Crippen LogP) is 9.56. The van der Waals surface area contributed by atoms with Gasteiger partial charge in [-0.05, 0) is 57.8 Å². The van der Waals surface area contributed by atoms with Crippen LogP contribution in [0.2, 0.25) is 0 Å². The highest BCUT2D eigenvalue weighted by atomic mass is 15.3. The van der Waals surface area contributed by atoms with Crippen molar-refractivity contribution in [2.75, 3.05) is 5.43 Å². The molecule has 1 aliphatic carbocycles. The van der Waals surface area contributed by atoms with E-state index in [0.29, 0.717) is 28.9 Å². The fourth-order valence-corrected chi connectivity index (χ4v) is 5.84. The van der Waals surface area contributed by atoms with Gasteiger partial charge in [0.25, 0.3) is 0 Å². The zero-order valence-corrected chi connectivity index (χ0v) is 25.3. The van der Waals surface area contributed by atoms with Crippen molar-refractivity contribution in [1.82, 2.24) is 15.0 Å². The number of hydrogen-bond acceptors (Lipinski definition) is 6. The summed E-state index contributed by atoms with van der Waals surface area (Å²) in [4.78, 5) is 14.9. The Balaban J connectivity index is 1.24. The molecular formula is C41H28N6. The fraction of sp³-hybridized carbons (Fsp3) is 0. The number of aromatic nitrogens is 3. The molecule has 0 saturated carbocycles. The summed E-state index contributed by atoms with van der Waals surface area (Å²) in [6.07, 6.45) is 3.76. The smallest absolute Gasteiger partial charge is 0.164 e. The van der Waals surface area contributed by atoms with Crippen LogP contribution in [0.5, 0.6) is 0 Å². The average molecular weight is 605 g/mol. The van der Waals surface area contributed by atoms with E-state index >= 15 is 0 Å². The SMILES string of the molecule is N=C1C=Cc2ccc3cc(-c4nc(-c5ccccc5)nc(-c5cccc(-c6ccccc6)c5)n4)ccc3c2/C1=N/Nc1ccccc1. The van der Waals surface area contributed by atoms with Gasteiger partial charge in [0.15, 0.2) is 17.5 Å². The first-order valence-electron chi connectivity index (χ1n) is 15.4. The van der Waals surface area contributed by atoms with E-state index in [2.05, 4.69) is 59.1 Å². The van der Waals surface area contributed by atoms with Crippen LogP contribution in [0.25, 0.3) is 62.1 Å². The molecule has 1 aromatic heterocycles. The Morgan fingerprint density at radius 1 is 0.489 bits per heavy atom. The first kappa shape index (κ1) is 28.0. The molecule has 0 atom stereocenters. The van der Waals surface area contributed by atoms with Crippen molar-refractivity contribution < 1.29 is 0 Å². The number of allylic oxidation sites excluding steroid dienone is 1. The normalized spacial score (nSPS) is 13.1. The quantitative estimate of drug-likeness (QED) is 0.185. The van der Waals surface area contributed by atoms with Crippen LogP contribution >= 0.6 is 0 Å². The molecule has 6 nitrogen and oxygen atoms in total. The van der Waals surface area contributed by atoms with Crippen LogP contribution in [0.1, 0.15) is 11.1 Å². The topological polar surface area (TPSA) is 86.9 Å². The molecule has 2 N–H and O–H groups in total. The van der Waals surface area contributed by atoms with Crippen LogP contribution < -0.4 is 5.43 Å². The van der Waals surface area contributed by atoms with Gasteiger partial charge in [0.05, 0.1) is 11.4 Å². The molecule has 0 saturated heterocycles. The lowest BCUT2D eigenvalue weighted by atomic mass is 9.89. The van der Waals surface area contributed by atoms with Gasteiger partial charge in [-0.2, -0.15) is 5.10 Å². The van der Waals surface area contributed by atoms with Gasteiger partial charge in [-0.25, -0.2) is 15.0 Å². The first-order chi connectivity index (χ1) is 23.2. The van der Waals surface area contributed by atoms with Gasteiger partial charge >= 0.3 is 0 Å². The largest absolute Gasteiger partial charge is 0.299 e. The van der Waals surface area contributed by atoms with Gasteiger partial charge in [0, 0.05) is 22.3 Å². The van der Waals surface area contributed by atoms with Crippen molar-refractivity contribution in [3.63, 3.8) is 0 Å². The number of fused-ring (bicyclic) bond motifs is 3. The highest BCUT2D eigenvalue weighted by Crippen LogP contribution is 2.32. The van der Waals surface area contributed by atoms with Crippen LogP contribution in [0, 0.1) is 5.41 Å². The number of benzene rings is 6. The maximum atomic E-state index is 8.69. The Labute approximate surface area is 272 Å². The summed E-state index contributed by atoms with van der Waals surface area (Å²) in [5.74, 6) is 1.81. The maximum Gasteiger partial charge on any atom is 0.164 e. The van der Waals surface area contributed by atoms with E-state index in [9.17, 15) is 0 Å². The predicted molar refractivity (Wildman–Crippen MR) is 192 cm³/mol. The minimum absolute atomic E-state index is 0.352. The van der Waals surface area contributed by atoms with Crippen LogP contribution in [-0.2, 0) is 0 Å². The van der Waals surface area contributed by atoms with Crippen LogP contribution in [0.4, 0.5) is 5.69 Å². The van der Waals surface area contributed by atoms with Crippen molar-refractivity contribution in [3.05, 3.63) is 163 Å². The Morgan fingerprint density at radius 2 is 1.09 bits per heavy atom. The van der Waals surface area contributed by atoms with E-state index in [1.54, 1.807) is 6.08 Å². The lowest BCUT2D eigenvalue weighted by Crippen LogP contribution is -2.19. The summed E-state index contributed by atoms with van der Waals surface area (Å²) in [5, 5.41) is 15.4. The van der Waals surface area contributed by atoms with Gasteiger partial charge < -0.3 is 0 Å². The van der Waals surface area contributed by atoms with Gasteiger partial charge in [-0.15, -0.1) is 0 Å². The van der Waals surface area contributed by atoms with Gasteiger partial charge in [0.2, 0.25) is 0 Å². The molecular weight excluding hydrogens is 576 g/mol. The zero-order valence-electron chi connectivity index (χ0n) is 25.3. The van der Waals surface area contributed by atoms with E-state index in [4.69, 9.17) is 20.4 Å². The highest BCUT2D eigenvalue weighted by molar-refractivity contribution is 6.55. The van der Waals surface area contributed by atoms with Crippen molar-refractivity contribution >= 4 is 34.0 Å². The summed E-state index contributed by atoms with van der Waals surface area (Å²) < 4.78 is 0. The number of nitrogens with zero attached hydrogens (tertiary/aromatic N) is 4. The van der Waals surface area contributed by atoms with E-state index < -0.39 is 0 Å². The molecule has 6 aromatic carbocycles. The maximum absolute atomic E-state index is 8.69. The van der Waals surface area contributed by atoms with Crippen molar-refractivity contribution in [3.8, 4) is 45.3 Å². The molecule has 0 fully saturated rings. The highest BCUT2D eigenvalue weighted by Gasteiger charge is 2.21. The Kier molecular flexibility index (Phi) is 7.21. The molecule has 222 valence electrons.